The Labute approximate surface area is 207 Å². The summed E-state index contributed by atoms with van der Waals surface area (Å²) in [4.78, 5) is 0.601. The maximum Gasteiger partial charge on any atom is 0.295 e. The first kappa shape index (κ1) is 22.5. The van der Waals surface area contributed by atoms with Gasteiger partial charge in [-0.2, -0.15) is 8.42 Å². The first-order valence-corrected chi connectivity index (χ1v) is 13.1. The van der Waals surface area contributed by atoms with E-state index in [4.69, 9.17) is 9.59 Å². The lowest BCUT2D eigenvalue weighted by Gasteiger charge is -2.33. The summed E-state index contributed by atoms with van der Waals surface area (Å²) in [6.07, 6.45) is 0. The molecule has 0 aliphatic heterocycles. The van der Waals surface area contributed by atoms with Gasteiger partial charge in [0.1, 0.15) is 4.90 Å². The van der Waals surface area contributed by atoms with Crippen LogP contribution in [0.25, 0.3) is 22.3 Å². The summed E-state index contributed by atoms with van der Waals surface area (Å²) in [7, 11) is -4.59. The molecular weight excluding hydrogens is 484 g/mol. The van der Waals surface area contributed by atoms with E-state index in [9.17, 15) is 13.0 Å². The molecule has 0 amide bonds. The van der Waals surface area contributed by atoms with Crippen LogP contribution < -0.4 is 0 Å². The molecule has 0 bridgehead atoms. The number of hydrogen-bond acceptors (Lipinski definition) is 6. The van der Waals surface area contributed by atoms with Crippen molar-refractivity contribution in [1.29, 1.82) is 0 Å². The largest absolute Gasteiger partial charge is 0.295 e. The van der Waals surface area contributed by atoms with E-state index >= 15 is 0 Å². The van der Waals surface area contributed by atoms with Gasteiger partial charge in [-0.15, -0.1) is 4.33 Å². The minimum atomic E-state index is -4.59. The first-order chi connectivity index (χ1) is 16.8. The zero-order valence-corrected chi connectivity index (χ0v) is 20.4. The summed E-state index contributed by atoms with van der Waals surface area (Å²) in [6.45, 7) is 3.61. The maximum absolute atomic E-state index is 12.9. The van der Waals surface area contributed by atoms with Crippen LogP contribution in [0.15, 0.2) is 82.6 Å². The second kappa shape index (κ2) is 7.76. The summed E-state index contributed by atoms with van der Waals surface area (Å²) in [6, 6.07) is 23.4. The van der Waals surface area contributed by atoms with Crippen molar-refractivity contribution in [2.75, 3.05) is 0 Å². The molecule has 0 atom stereocenters. The molecule has 0 radical (unpaired) electrons. The summed E-state index contributed by atoms with van der Waals surface area (Å²) in [5, 5.41) is 12.9. The summed E-state index contributed by atoms with van der Waals surface area (Å²) < 4.78 is 41.3. The fourth-order valence-electron chi connectivity index (χ4n) is 5.95. The van der Waals surface area contributed by atoms with Crippen LogP contribution in [0.5, 0.6) is 0 Å². The molecule has 35 heavy (non-hydrogen) atoms. The molecule has 6 rings (SSSR count). The molecule has 6 nitrogen and oxygen atoms in total. The third-order valence-electron chi connectivity index (χ3n) is 7.11. The Morgan fingerprint density at radius 1 is 0.743 bits per heavy atom. The van der Waals surface area contributed by atoms with Gasteiger partial charge in [0, 0.05) is 10.5 Å². The SMILES string of the molecule is Cc1ccc2c(c1SOOO)C1(c3ccccc3-c3ccccc31)c1c-2ccc(C)c1S(=O)(=O)O. The van der Waals surface area contributed by atoms with Gasteiger partial charge in [-0.3, -0.25) is 4.55 Å². The zero-order chi connectivity index (χ0) is 24.5. The zero-order valence-electron chi connectivity index (χ0n) is 18.8. The van der Waals surface area contributed by atoms with Gasteiger partial charge in [0.05, 0.1) is 17.5 Å². The molecule has 1 spiro atoms. The monoisotopic (exact) mass is 504 g/mol. The fraction of sp³-hybridized carbons (Fsp3) is 0.111. The Morgan fingerprint density at radius 3 is 1.86 bits per heavy atom. The molecule has 0 heterocycles. The smallest absolute Gasteiger partial charge is 0.282 e. The lowest BCUT2D eigenvalue weighted by Crippen LogP contribution is -2.29. The van der Waals surface area contributed by atoms with Crippen LogP contribution in [-0.4, -0.2) is 18.2 Å². The summed E-state index contributed by atoms with van der Waals surface area (Å²) >= 11 is 0.867. The topological polar surface area (TPSA) is 93.1 Å². The number of rotatable bonds is 4. The number of fused-ring (bicyclic) bond motifs is 10. The molecule has 0 unspecified atom stereocenters. The average molecular weight is 505 g/mol. The van der Waals surface area contributed by atoms with E-state index in [0.717, 1.165) is 56.6 Å². The van der Waals surface area contributed by atoms with Crippen molar-refractivity contribution in [2.45, 2.75) is 29.1 Å². The van der Waals surface area contributed by atoms with Gasteiger partial charge in [-0.05, 0) is 63.9 Å². The Balaban J connectivity index is 1.90. The van der Waals surface area contributed by atoms with Crippen molar-refractivity contribution in [1.82, 2.24) is 0 Å². The highest BCUT2D eigenvalue weighted by molar-refractivity contribution is 7.94. The van der Waals surface area contributed by atoms with Crippen LogP contribution >= 0.6 is 12.0 Å². The molecule has 0 saturated carbocycles. The minimum Gasteiger partial charge on any atom is -0.282 e. The van der Waals surface area contributed by atoms with Crippen LogP contribution in [0.4, 0.5) is 0 Å². The van der Waals surface area contributed by atoms with E-state index < -0.39 is 15.5 Å². The van der Waals surface area contributed by atoms with Crippen molar-refractivity contribution in [3.05, 3.63) is 106 Å². The molecular formula is C27H20O6S2. The van der Waals surface area contributed by atoms with Crippen molar-refractivity contribution in [3.8, 4) is 22.3 Å². The first-order valence-electron chi connectivity index (χ1n) is 10.9. The van der Waals surface area contributed by atoms with E-state index in [1.807, 2.05) is 73.7 Å². The van der Waals surface area contributed by atoms with Gasteiger partial charge in [0.25, 0.3) is 10.1 Å². The summed E-state index contributed by atoms with van der Waals surface area (Å²) in [5.41, 5.74) is 6.97. The fourth-order valence-corrected chi connectivity index (χ4v) is 7.60. The van der Waals surface area contributed by atoms with Crippen LogP contribution in [0.1, 0.15) is 33.4 Å². The second-order valence-corrected chi connectivity index (χ2v) is 10.9. The van der Waals surface area contributed by atoms with Gasteiger partial charge in [0.2, 0.25) is 0 Å². The average Bonchev–Trinajstić information content (AvgIpc) is 3.29. The maximum atomic E-state index is 12.9. The quantitative estimate of drug-likeness (QED) is 0.126. The predicted octanol–water partition coefficient (Wildman–Crippen LogP) is 6.32. The van der Waals surface area contributed by atoms with Crippen LogP contribution in [0.3, 0.4) is 0 Å². The van der Waals surface area contributed by atoms with E-state index in [1.165, 1.54) is 0 Å². The molecule has 0 fully saturated rings. The van der Waals surface area contributed by atoms with Crippen LogP contribution in [0, 0.1) is 13.8 Å². The Hall–Kier alpha value is -2.98. The van der Waals surface area contributed by atoms with Gasteiger partial charge >= 0.3 is 0 Å². The van der Waals surface area contributed by atoms with Crippen LogP contribution in [-0.2, 0) is 24.9 Å². The molecule has 0 aromatic heterocycles. The van der Waals surface area contributed by atoms with Crippen molar-refractivity contribution in [3.63, 3.8) is 0 Å². The molecule has 4 aromatic rings. The lowest BCUT2D eigenvalue weighted by molar-refractivity contribution is -0.432. The third-order valence-corrected chi connectivity index (χ3v) is 8.97. The normalized spacial score (nSPS) is 14.5. The van der Waals surface area contributed by atoms with Gasteiger partial charge < -0.3 is 0 Å². The van der Waals surface area contributed by atoms with Gasteiger partial charge in [-0.1, -0.05) is 77.8 Å². The summed E-state index contributed by atoms with van der Waals surface area (Å²) in [5.74, 6) is 0. The van der Waals surface area contributed by atoms with E-state index in [1.54, 1.807) is 13.0 Å². The standard InChI is InChI=1S/C27H20O6S2/c1-15-11-13-19-20-14-12-16(2)26(35(29,30)31)24(20)27(23(19)25(15)34-33-32-28)21-9-5-3-7-17(21)18-8-4-6-10-22(18)27/h3-14,28H,1-2H3,(H,29,30,31). The van der Waals surface area contributed by atoms with Crippen molar-refractivity contribution in [2.24, 2.45) is 0 Å². The van der Waals surface area contributed by atoms with Gasteiger partial charge in [0.15, 0.2) is 0 Å². The number of aryl methyl sites for hydroxylation is 2. The van der Waals surface area contributed by atoms with E-state index in [2.05, 4.69) is 5.04 Å². The number of benzene rings is 4. The molecule has 2 aliphatic carbocycles. The predicted molar refractivity (Wildman–Crippen MR) is 133 cm³/mol. The molecule has 176 valence electrons. The highest BCUT2D eigenvalue weighted by atomic mass is 32.2. The Morgan fingerprint density at radius 2 is 1.29 bits per heavy atom. The third kappa shape index (κ3) is 2.89. The van der Waals surface area contributed by atoms with Gasteiger partial charge in [-0.25, -0.2) is 5.26 Å². The van der Waals surface area contributed by atoms with E-state index in [0.29, 0.717) is 16.0 Å². The second-order valence-electron chi connectivity index (χ2n) is 8.81. The molecule has 2 N–H and O–H groups in total. The van der Waals surface area contributed by atoms with Crippen molar-refractivity contribution < 1.29 is 27.6 Å². The molecule has 8 heteroatoms. The molecule has 0 saturated heterocycles. The highest BCUT2D eigenvalue weighted by Crippen LogP contribution is 2.66. The Bertz CT molecular complexity index is 1600. The Kier molecular flexibility index (Phi) is 4.98. The number of hydrogen-bond donors (Lipinski definition) is 2. The lowest BCUT2D eigenvalue weighted by atomic mass is 9.70. The van der Waals surface area contributed by atoms with Crippen molar-refractivity contribution >= 4 is 22.2 Å². The molecule has 4 aromatic carbocycles. The highest BCUT2D eigenvalue weighted by Gasteiger charge is 2.55. The minimum absolute atomic E-state index is 0.0920. The van der Waals surface area contributed by atoms with Crippen LogP contribution in [0.2, 0.25) is 0 Å². The molecule has 2 aliphatic rings. The van der Waals surface area contributed by atoms with E-state index in [-0.39, 0.29) is 4.90 Å².